The first-order valence-electron chi connectivity index (χ1n) is 5.69. The number of aliphatic carboxylic acids is 1. The maximum absolute atomic E-state index is 11.0. The second kappa shape index (κ2) is 5.57. The molecule has 2 rings (SSSR count). The van der Waals surface area contributed by atoms with E-state index >= 15 is 0 Å². The highest BCUT2D eigenvalue weighted by Gasteiger charge is 2.26. The van der Waals surface area contributed by atoms with Crippen LogP contribution in [0.3, 0.4) is 0 Å². The monoisotopic (exact) mass is 255 g/mol. The number of hydrogen-bond acceptors (Lipinski definition) is 5. The van der Waals surface area contributed by atoms with Crippen LogP contribution in [0.1, 0.15) is 17.3 Å². The van der Waals surface area contributed by atoms with Crippen LogP contribution in [0.15, 0.2) is 11.7 Å². The van der Waals surface area contributed by atoms with Crippen molar-refractivity contribution in [2.45, 2.75) is 12.5 Å². The molecule has 1 aromatic rings. The second-order valence-corrected chi connectivity index (χ2v) is 5.27. The predicted molar refractivity (Wildman–Crippen MR) is 66.2 cm³/mol. The van der Waals surface area contributed by atoms with Crippen LogP contribution in [0.2, 0.25) is 0 Å². The normalized spacial score (nSPS) is 20.3. The minimum absolute atomic E-state index is 0.0197. The molecule has 0 radical (unpaired) electrons. The quantitative estimate of drug-likeness (QED) is 0.866. The Hall–Kier alpha value is -0.980. The van der Waals surface area contributed by atoms with E-state index in [1.54, 1.807) is 11.7 Å². The van der Waals surface area contributed by atoms with Crippen LogP contribution in [0.5, 0.6) is 0 Å². The van der Waals surface area contributed by atoms with Gasteiger partial charge in [-0.1, -0.05) is 0 Å². The molecular weight excluding hydrogens is 238 g/mol. The molecule has 0 aromatic carbocycles. The van der Waals surface area contributed by atoms with Crippen molar-refractivity contribution < 1.29 is 9.90 Å². The first kappa shape index (κ1) is 12.5. The molecule has 1 saturated heterocycles. The van der Waals surface area contributed by atoms with Gasteiger partial charge in [-0.15, -0.1) is 11.3 Å². The van der Waals surface area contributed by atoms with Crippen LogP contribution in [-0.4, -0.2) is 59.1 Å². The average Bonchev–Trinajstić information content (AvgIpc) is 2.80. The first-order chi connectivity index (χ1) is 8.16. The van der Waals surface area contributed by atoms with E-state index in [9.17, 15) is 4.79 Å². The molecule has 2 heterocycles. The Morgan fingerprint density at radius 3 is 2.76 bits per heavy atom. The summed E-state index contributed by atoms with van der Waals surface area (Å²) in [5.74, 6) is -0.748. The van der Waals surface area contributed by atoms with Gasteiger partial charge in [0.2, 0.25) is 0 Å². The molecule has 1 unspecified atom stereocenters. The van der Waals surface area contributed by atoms with Crippen LogP contribution in [0.4, 0.5) is 0 Å². The number of aromatic nitrogens is 1. The Morgan fingerprint density at radius 2 is 2.24 bits per heavy atom. The van der Waals surface area contributed by atoms with E-state index in [4.69, 9.17) is 5.11 Å². The molecule has 6 heteroatoms. The van der Waals surface area contributed by atoms with E-state index < -0.39 is 5.97 Å². The molecule has 17 heavy (non-hydrogen) atoms. The minimum atomic E-state index is -0.748. The number of hydrogen-bond donors (Lipinski definition) is 1. The second-order valence-electron chi connectivity index (χ2n) is 4.36. The van der Waals surface area contributed by atoms with Gasteiger partial charge in [-0.2, -0.15) is 0 Å². The molecular formula is C11H17N3O2S. The van der Waals surface area contributed by atoms with Gasteiger partial charge in [0.25, 0.3) is 0 Å². The molecule has 0 amide bonds. The van der Waals surface area contributed by atoms with Gasteiger partial charge in [0.1, 0.15) is 0 Å². The molecule has 0 spiro atoms. The number of piperazine rings is 1. The van der Waals surface area contributed by atoms with E-state index in [-0.39, 0.29) is 12.5 Å². The summed E-state index contributed by atoms with van der Waals surface area (Å²) in [6.45, 7) is 3.84. The van der Waals surface area contributed by atoms with Crippen molar-refractivity contribution in [3.05, 3.63) is 16.6 Å². The molecule has 5 nitrogen and oxygen atoms in total. The Kier molecular flexibility index (Phi) is 4.09. The fraction of sp³-hybridized carbons (Fsp3) is 0.636. The summed E-state index contributed by atoms with van der Waals surface area (Å²) in [6, 6.07) is -0.0197. The van der Waals surface area contributed by atoms with E-state index in [1.807, 2.05) is 0 Å². The van der Waals surface area contributed by atoms with Crippen LogP contribution < -0.4 is 0 Å². The van der Waals surface area contributed by atoms with Crippen LogP contribution in [0.25, 0.3) is 0 Å². The molecule has 1 aliphatic rings. The number of rotatable bonds is 4. The topological polar surface area (TPSA) is 56.7 Å². The van der Waals surface area contributed by atoms with Crippen LogP contribution >= 0.6 is 11.3 Å². The Bertz CT molecular complexity index is 361. The fourth-order valence-electron chi connectivity index (χ4n) is 2.10. The van der Waals surface area contributed by atoms with E-state index in [0.717, 1.165) is 31.1 Å². The maximum Gasteiger partial charge on any atom is 0.305 e. The smallest absolute Gasteiger partial charge is 0.305 e. The van der Waals surface area contributed by atoms with Gasteiger partial charge < -0.3 is 10.0 Å². The lowest BCUT2D eigenvalue weighted by atomic mass is 10.1. The van der Waals surface area contributed by atoms with Gasteiger partial charge in [-0.05, 0) is 7.05 Å². The highest BCUT2D eigenvalue weighted by Crippen LogP contribution is 2.27. The lowest BCUT2D eigenvalue weighted by molar-refractivity contribution is -0.138. The first-order valence-corrected chi connectivity index (χ1v) is 6.57. The van der Waals surface area contributed by atoms with Gasteiger partial charge in [-0.25, -0.2) is 0 Å². The zero-order chi connectivity index (χ0) is 12.3. The third-order valence-corrected chi connectivity index (χ3v) is 4.00. The van der Waals surface area contributed by atoms with E-state index in [2.05, 4.69) is 21.8 Å². The van der Waals surface area contributed by atoms with Crippen molar-refractivity contribution in [2.75, 3.05) is 33.2 Å². The standard InChI is InChI=1S/C11H17N3O2S/c1-13-2-4-14(5-3-13)9(6-11(15)16)10-7-12-8-17-10/h7-9H,2-6H2,1H3,(H,15,16). The number of carboxylic acid groups (broad SMARTS) is 1. The van der Waals surface area contributed by atoms with Crippen molar-refractivity contribution in [1.29, 1.82) is 0 Å². The van der Waals surface area contributed by atoms with E-state index in [1.165, 1.54) is 11.3 Å². The number of thiazole rings is 1. The Morgan fingerprint density at radius 1 is 1.53 bits per heavy atom. The summed E-state index contributed by atoms with van der Waals surface area (Å²) < 4.78 is 0. The van der Waals surface area contributed by atoms with Gasteiger partial charge in [-0.3, -0.25) is 14.7 Å². The SMILES string of the molecule is CN1CCN(C(CC(=O)O)c2cncs2)CC1. The average molecular weight is 255 g/mol. The summed E-state index contributed by atoms with van der Waals surface area (Å²) >= 11 is 1.54. The fourth-order valence-corrected chi connectivity index (χ4v) is 2.85. The minimum Gasteiger partial charge on any atom is -0.481 e. The number of carboxylic acids is 1. The summed E-state index contributed by atoms with van der Waals surface area (Å²) in [5, 5.41) is 9.01. The molecule has 1 atom stereocenters. The summed E-state index contributed by atoms with van der Waals surface area (Å²) in [6.07, 6.45) is 1.95. The molecule has 1 aromatic heterocycles. The van der Waals surface area contributed by atoms with Crippen LogP contribution in [0, 0.1) is 0 Å². The Balaban J connectivity index is 2.07. The zero-order valence-electron chi connectivity index (χ0n) is 9.87. The van der Waals surface area contributed by atoms with Gasteiger partial charge in [0.05, 0.1) is 18.0 Å². The van der Waals surface area contributed by atoms with Crippen molar-refractivity contribution in [1.82, 2.24) is 14.8 Å². The summed E-state index contributed by atoms with van der Waals surface area (Å²) in [5.41, 5.74) is 1.76. The number of nitrogens with zero attached hydrogens (tertiary/aromatic N) is 3. The molecule has 0 saturated carbocycles. The third kappa shape index (κ3) is 3.24. The summed E-state index contributed by atoms with van der Waals surface area (Å²) in [4.78, 5) is 20.6. The maximum atomic E-state index is 11.0. The largest absolute Gasteiger partial charge is 0.481 e. The van der Waals surface area contributed by atoms with Crippen molar-refractivity contribution in [2.24, 2.45) is 0 Å². The molecule has 1 fully saturated rings. The predicted octanol–water partition coefficient (Wildman–Crippen LogP) is 0.906. The Labute approximate surface area is 105 Å². The van der Waals surface area contributed by atoms with Crippen molar-refractivity contribution in [3.8, 4) is 0 Å². The van der Waals surface area contributed by atoms with Gasteiger partial charge in [0, 0.05) is 37.3 Å². The lowest BCUT2D eigenvalue weighted by Crippen LogP contribution is -2.46. The summed E-state index contributed by atoms with van der Waals surface area (Å²) in [7, 11) is 2.09. The molecule has 0 aliphatic carbocycles. The molecule has 94 valence electrons. The van der Waals surface area contributed by atoms with Crippen molar-refractivity contribution >= 4 is 17.3 Å². The zero-order valence-corrected chi connectivity index (χ0v) is 10.7. The van der Waals surface area contributed by atoms with Crippen molar-refractivity contribution in [3.63, 3.8) is 0 Å². The number of carbonyl (C=O) groups is 1. The lowest BCUT2D eigenvalue weighted by Gasteiger charge is -2.36. The van der Waals surface area contributed by atoms with E-state index in [0.29, 0.717) is 0 Å². The third-order valence-electron chi connectivity index (χ3n) is 3.13. The van der Waals surface area contributed by atoms with Gasteiger partial charge in [0.15, 0.2) is 0 Å². The molecule has 0 bridgehead atoms. The van der Waals surface area contributed by atoms with Crippen LogP contribution in [-0.2, 0) is 4.79 Å². The highest BCUT2D eigenvalue weighted by atomic mass is 32.1. The molecule has 1 N–H and O–H groups in total. The highest BCUT2D eigenvalue weighted by molar-refractivity contribution is 7.09. The number of likely N-dealkylation sites (N-methyl/N-ethyl adjacent to an activating group) is 1. The molecule has 1 aliphatic heterocycles. The van der Waals surface area contributed by atoms with Gasteiger partial charge >= 0.3 is 5.97 Å².